The number of ether oxygens (including phenoxy) is 2. The van der Waals surface area contributed by atoms with Gasteiger partial charge >= 0.3 is 0 Å². The maximum atomic E-state index is 5.89. The van der Waals surface area contributed by atoms with Crippen LogP contribution < -0.4 is 9.47 Å². The van der Waals surface area contributed by atoms with Gasteiger partial charge in [0.25, 0.3) is 5.88 Å². The summed E-state index contributed by atoms with van der Waals surface area (Å²) in [7, 11) is 0. The van der Waals surface area contributed by atoms with Crippen molar-refractivity contribution in [3.8, 4) is 11.6 Å². The maximum absolute atomic E-state index is 5.89. The van der Waals surface area contributed by atoms with Crippen LogP contribution in [0.2, 0.25) is 0 Å². The molecular formula is C15H23N3O2. The van der Waals surface area contributed by atoms with Gasteiger partial charge in [0.15, 0.2) is 5.75 Å². The molecule has 2 aliphatic heterocycles. The minimum Gasteiger partial charge on any atom is -0.472 e. The molecule has 20 heavy (non-hydrogen) atoms. The molecule has 0 N–H and O–H groups in total. The summed E-state index contributed by atoms with van der Waals surface area (Å²) in [5.74, 6) is 1.39. The van der Waals surface area contributed by atoms with Crippen molar-refractivity contribution in [1.82, 2.24) is 14.8 Å². The van der Waals surface area contributed by atoms with Crippen molar-refractivity contribution >= 4 is 0 Å². The lowest BCUT2D eigenvalue weighted by molar-refractivity contribution is 0.0539. The summed E-state index contributed by atoms with van der Waals surface area (Å²) in [5, 5.41) is 0. The van der Waals surface area contributed by atoms with Crippen molar-refractivity contribution in [2.45, 2.75) is 26.2 Å². The van der Waals surface area contributed by atoms with Crippen LogP contribution in [0.3, 0.4) is 0 Å². The second-order valence-electron chi connectivity index (χ2n) is 5.49. The van der Waals surface area contributed by atoms with Crippen LogP contribution in [-0.2, 0) is 6.42 Å². The SMILES string of the molecule is CCc1cnc(OCN2CCC2)c(OCN2CCC2)c1. The van der Waals surface area contributed by atoms with Crippen LogP contribution >= 0.6 is 0 Å². The summed E-state index contributed by atoms with van der Waals surface area (Å²) in [5.41, 5.74) is 1.18. The first-order valence-electron chi connectivity index (χ1n) is 7.54. The number of aryl methyl sites for hydroxylation is 1. The zero-order chi connectivity index (χ0) is 13.8. The topological polar surface area (TPSA) is 37.8 Å². The molecule has 0 atom stereocenters. The minimum atomic E-state index is 0.610. The van der Waals surface area contributed by atoms with Gasteiger partial charge in [-0.2, -0.15) is 0 Å². The van der Waals surface area contributed by atoms with Gasteiger partial charge in [0.1, 0.15) is 13.5 Å². The second kappa shape index (κ2) is 6.41. The molecule has 0 amide bonds. The first-order valence-corrected chi connectivity index (χ1v) is 7.54. The van der Waals surface area contributed by atoms with Crippen LogP contribution in [0.5, 0.6) is 11.6 Å². The molecular weight excluding hydrogens is 254 g/mol. The number of rotatable bonds is 7. The molecule has 2 aliphatic rings. The third-order valence-corrected chi connectivity index (χ3v) is 3.97. The lowest BCUT2D eigenvalue weighted by Gasteiger charge is -2.31. The standard InChI is InChI=1S/C15H23N3O2/c1-2-13-9-14(19-11-17-5-3-6-17)15(16-10-13)20-12-18-7-4-8-18/h9-10H,2-8,11-12H2,1H3. The molecule has 5 heteroatoms. The Bertz CT molecular complexity index is 445. The van der Waals surface area contributed by atoms with Crippen LogP contribution in [0.25, 0.3) is 0 Å². The Balaban J connectivity index is 1.62. The predicted octanol–water partition coefficient (Wildman–Crippen LogP) is 1.73. The smallest absolute Gasteiger partial charge is 0.258 e. The van der Waals surface area contributed by atoms with Gasteiger partial charge < -0.3 is 9.47 Å². The highest BCUT2D eigenvalue weighted by atomic mass is 16.5. The molecule has 0 aromatic carbocycles. The molecule has 5 nitrogen and oxygen atoms in total. The molecule has 0 radical (unpaired) electrons. The molecule has 0 aliphatic carbocycles. The highest BCUT2D eigenvalue weighted by Crippen LogP contribution is 2.27. The summed E-state index contributed by atoms with van der Waals surface area (Å²) in [6.07, 6.45) is 5.38. The van der Waals surface area contributed by atoms with Gasteiger partial charge in [-0.1, -0.05) is 6.92 Å². The normalized spacial score (nSPS) is 19.2. The third kappa shape index (κ3) is 3.22. The van der Waals surface area contributed by atoms with Crippen LogP contribution in [-0.4, -0.2) is 54.4 Å². The molecule has 1 aromatic heterocycles. The Kier molecular flexibility index (Phi) is 4.38. The molecule has 1 aromatic rings. The lowest BCUT2D eigenvalue weighted by Crippen LogP contribution is -2.40. The third-order valence-electron chi connectivity index (χ3n) is 3.97. The van der Waals surface area contributed by atoms with Crippen molar-refractivity contribution in [3.63, 3.8) is 0 Å². The van der Waals surface area contributed by atoms with E-state index in [0.717, 1.165) is 38.3 Å². The number of pyridine rings is 1. The first kappa shape index (κ1) is 13.6. The summed E-state index contributed by atoms with van der Waals surface area (Å²) in [4.78, 5) is 8.94. The fourth-order valence-corrected chi connectivity index (χ4v) is 2.21. The molecule has 0 saturated carbocycles. The molecule has 3 rings (SSSR count). The van der Waals surface area contributed by atoms with Gasteiger partial charge in [-0.15, -0.1) is 0 Å². The van der Waals surface area contributed by atoms with Crippen molar-refractivity contribution in [2.24, 2.45) is 0 Å². The van der Waals surface area contributed by atoms with Crippen molar-refractivity contribution < 1.29 is 9.47 Å². The highest BCUT2D eigenvalue weighted by molar-refractivity contribution is 5.36. The van der Waals surface area contributed by atoms with Crippen LogP contribution in [0.15, 0.2) is 12.3 Å². The molecule has 2 fully saturated rings. The second-order valence-corrected chi connectivity index (χ2v) is 5.49. The van der Waals surface area contributed by atoms with Crippen molar-refractivity contribution in [2.75, 3.05) is 39.6 Å². The Hall–Kier alpha value is -1.33. The van der Waals surface area contributed by atoms with Crippen LogP contribution in [0.1, 0.15) is 25.3 Å². The van der Waals surface area contributed by atoms with Crippen molar-refractivity contribution in [1.29, 1.82) is 0 Å². The highest BCUT2D eigenvalue weighted by Gasteiger charge is 2.18. The number of aromatic nitrogens is 1. The van der Waals surface area contributed by atoms with E-state index in [1.165, 1.54) is 18.4 Å². The van der Waals surface area contributed by atoms with E-state index in [2.05, 4.69) is 27.8 Å². The molecule has 3 heterocycles. The Morgan fingerprint density at radius 1 is 1.05 bits per heavy atom. The number of nitrogens with zero attached hydrogens (tertiary/aromatic N) is 3. The molecule has 0 unspecified atom stereocenters. The Morgan fingerprint density at radius 2 is 1.70 bits per heavy atom. The van der Waals surface area contributed by atoms with Gasteiger partial charge in [0, 0.05) is 32.4 Å². The Labute approximate surface area is 120 Å². The largest absolute Gasteiger partial charge is 0.472 e. The zero-order valence-corrected chi connectivity index (χ0v) is 12.2. The van der Waals surface area contributed by atoms with E-state index >= 15 is 0 Å². The predicted molar refractivity (Wildman–Crippen MR) is 77.0 cm³/mol. The van der Waals surface area contributed by atoms with Gasteiger partial charge in [0.2, 0.25) is 0 Å². The van der Waals surface area contributed by atoms with E-state index in [0.29, 0.717) is 19.3 Å². The molecule has 0 spiro atoms. The van der Waals surface area contributed by atoms with Crippen LogP contribution in [0, 0.1) is 0 Å². The fourth-order valence-electron chi connectivity index (χ4n) is 2.21. The van der Waals surface area contributed by atoms with E-state index in [1.54, 1.807) is 0 Å². The number of hydrogen-bond donors (Lipinski definition) is 0. The van der Waals surface area contributed by atoms with Crippen molar-refractivity contribution in [3.05, 3.63) is 17.8 Å². The van der Waals surface area contributed by atoms with Gasteiger partial charge in [0.05, 0.1) is 0 Å². The maximum Gasteiger partial charge on any atom is 0.258 e. The van der Waals surface area contributed by atoms with Crippen LogP contribution in [0.4, 0.5) is 0 Å². The van der Waals surface area contributed by atoms with Gasteiger partial charge in [-0.05, 0) is 30.9 Å². The Morgan fingerprint density at radius 3 is 2.25 bits per heavy atom. The van der Waals surface area contributed by atoms with E-state index < -0.39 is 0 Å². The van der Waals surface area contributed by atoms with Gasteiger partial charge in [-0.3, -0.25) is 9.80 Å². The number of hydrogen-bond acceptors (Lipinski definition) is 5. The average Bonchev–Trinajstić information content (AvgIpc) is 2.36. The van der Waals surface area contributed by atoms with E-state index in [9.17, 15) is 0 Å². The first-order chi connectivity index (χ1) is 9.85. The molecule has 110 valence electrons. The van der Waals surface area contributed by atoms with Gasteiger partial charge in [-0.25, -0.2) is 4.98 Å². The molecule has 2 saturated heterocycles. The fraction of sp³-hybridized carbons (Fsp3) is 0.667. The zero-order valence-electron chi connectivity index (χ0n) is 12.2. The summed E-state index contributed by atoms with van der Waals surface area (Å²) >= 11 is 0. The quantitative estimate of drug-likeness (QED) is 0.759. The minimum absolute atomic E-state index is 0.610. The summed E-state index contributed by atoms with van der Waals surface area (Å²) in [6.45, 7) is 7.87. The summed E-state index contributed by atoms with van der Waals surface area (Å²) in [6, 6.07) is 2.05. The summed E-state index contributed by atoms with van der Waals surface area (Å²) < 4.78 is 11.7. The lowest BCUT2D eigenvalue weighted by atomic mass is 10.2. The van der Waals surface area contributed by atoms with E-state index in [1.807, 2.05) is 6.20 Å². The van der Waals surface area contributed by atoms with E-state index in [-0.39, 0.29) is 0 Å². The monoisotopic (exact) mass is 277 g/mol. The average molecular weight is 277 g/mol. The number of likely N-dealkylation sites (tertiary alicyclic amines) is 2. The van der Waals surface area contributed by atoms with E-state index in [4.69, 9.17) is 9.47 Å². The molecule has 0 bridgehead atoms.